The van der Waals surface area contributed by atoms with Gasteiger partial charge >= 0.3 is 0 Å². The van der Waals surface area contributed by atoms with Crippen molar-refractivity contribution in [3.8, 4) is 5.75 Å². The highest BCUT2D eigenvalue weighted by Crippen LogP contribution is 2.28. The largest absolute Gasteiger partial charge is 0.484 e. The molecule has 32 heavy (non-hydrogen) atoms. The number of likely N-dealkylation sites (N-methyl/N-ethyl adjacent to an activating group) is 1. The molecule has 0 radical (unpaired) electrons. The monoisotopic (exact) mass is 462 g/mol. The third-order valence-corrected chi connectivity index (χ3v) is 5.48. The van der Waals surface area contributed by atoms with Crippen LogP contribution in [0.3, 0.4) is 0 Å². The van der Waals surface area contributed by atoms with Crippen LogP contribution in [0.25, 0.3) is 0 Å². The Morgan fingerprint density at radius 3 is 2.91 bits per heavy atom. The molecule has 1 aromatic carbocycles. The van der Waals surface area contributed by atoms with E-state index < -0.39 is 11.9 Å². The summed E-state index contributed by atoms with van der Waals surface area (Å²) in [5, 5.41) is 12.2. The standard InChI is InChI=1S/C23H28ClFN4O3/c1-3-26-20-11-15-5-4-6-19(20)29-22(15)23(31)28-14(2)9-10-27-21(30)13-32-16-7-8-17(24)18(25)12-16/h7-8,11-12,22,26,29H,2-6,9-10,13H2,1H3,(H,27,30)(H,28,31). The van der Waals surface area contributed by atoms with Gasteiger partial charge in [-0.2, -0.15) is 0 Å². The predicted molar refractivity (Wildman–Crippen MR) is 121 cm³/mol. The molecule has 9 heteroatoms. The molecule has 3 aliphatic rings. The topological polar surface area (TPSA) is 91.5 Å². The minimum Gasteiger partial charge on any atom is -0.484 e. The summed E-state index contributed by atoms with van der Waals surface area (Å²) in [6.45, 7) is 6.78. The van der Waals surface area contributed by atoms with Gasteiger partial charge < -0.3 is 26.0 Å². The van der Waals surface area contributed by atoms with Crippen LogP contribution in [0.4, 0.5) is 4.39 Å². The number of halogens is 2. The van der Waals surface area contributed by atoms with Crippen LogP contribution in [0.15, 0.2) is 53.5 Å². The third kappa shape index (κ3) is 6.26. The van der Waals surface area contributed by atoms with Crippen LogP contribution in [-0.4, -0.2) is 37.6 Å². The number of benzene rings is 1. The van der Waals surface area contributed by atoms with Crippen molar-refractivity contribution in [3.63, 3.8) is 0 Å². The van der Waals surface area contributed by atoms with Crippen molar-refractivity contribution in [2.75, 3.05) is 19.7 Å². The Morgan fingerprint density at radius 2 is 2.16 bits per heavy atom. The molecule has 2 bridgehead atoms. The van der Waals surface area contributed by atoms with Crippen molar-refractivity contribution in [2.45, 2.75) is 38.6 Å². The fraction of sp³-hybridized carbons (Fsp3) is 0.391. The fourth-order valence-electron chi connectivity index (χ4n) is 3.60. The molecule has 0 saturated carbocycles. The Hall–Kier alpha value is -3.00. The zero-order valence-corrected chi connectivity index (χ0v) is 18.8. The van der Waals surface area contributed by atoms with Crippen molar-refractivity contribution in [3.05, 3.63) is 64.4 Å². The SMILES string of the molecule is C=C(CCNC(=O)COc1ccc(Cl)c(F)c1)NC(=O)C1NC2=C(NCC)C=C1CCC2. The van der Waals surface area contributed by atoms with E-state index in [0.29, 0.717) is 12.1 Å². The Morgan fingerprint density at radius 1 is 1.34 bits per heavy atom. The molecule has 0 spiro atoms. The smallest absolute Gasteiger partial charge is 0.257 e. The van der Waals surface area contributed by atoms with E-state index in [1.54, 1.807) is 0 Å². The van der Waals surface area contributed by atoms with Gasteiger partial charge in [0.2, 0.25) is 0 Å². The summed E-state index contributed by atoms with van der Waals surface area (Å²) in [5.41, 5.74) is 3.69. The van der Waals surface area contributed by atoms with Crippen LogP contribution >= 0.6 is 11.6 Å². The summed E-state index contributed by atoms with van der Waals surface area (Å²) < 4.78 is 18.6. The summed E-state index contributed by atoms with van der Waals surface area (Å²) in [5.74, 6) is -0.922. The number of fused-ring (bicyclic) bond motifs is 4. The van der Waals surface area contributed by atoms with Gasteiger partial charge in [0, 0.05) is 37.0 Å². The molecular weight excluding hydrogens is 435 g/mol. The van der Waals surface area contributed by atoms with Crippen molar-refractivity contribution >= 4 is 23.4 Å². The minimum atomic E-state index is -0.613. The van der Waals surface area contributed by atoms with Crippen LogP contribution in [0, 0.1) is 5.82 Å². The normalized spacial score (nSPS) is 17.1. The number of dihydropyridines is 1. The molecule has 1 atom stereocenters. The van der Waals surface area contributed by atoms with Crippen LogP contribution in [0.5, 0.6) is 5.75 Å². The van der Waals surface area contributed by atoms with E-state index in [9.17, 15) is 14.0 Å². The first-order valence-corrected chi connectivity index (χ1v) is 11.0. The van der Waals surface area contributed by atoms with Gasteiger partial charge in [0.05, 0.1) is 10.7 Å². The number of hydrogen-bond donors (Lipinski definition) is 4. The summed E-state index contributed by atoms with van der Waals surface area (Å²) in [6.07, 6.45) is 5.23. The van der Waals surface area contributed by atoms with Crippen LogP contribution < -0.4 is 26.0 Å². The highest BCUT2D eigenvalue weighted by molar-refractivity contribution is 6.30. The number of allylic oxidation sites excluding steroid dienone is 2. The van der Waals surface area contributed by atoms with E-state index in [0.717, 1.165) is 48.8 Å². The molecule has 1 saturated heterocycles. The number of rotatable bonds is 10. The second kappa shape index (κ2) is 11.0. The number of carbonyl (C=O) groups is 2. The van der Waals surface area contributed by atoms with E-state index >= 15 is 0 Å². The van der Waals surface area contributed by atoms with Crippen molar-refractivity contribution in [2.24, 2.45) is 0 Å². The number of hydrogen-bond acceptors (Lipinski definition) is 5. The number of nitrogens with one attached hydrogen (secondary N) is 4. The zero-order chi connectivity index (χ0) is 23.1. The molecule has 2 amide bonds. The first kappa shape index (κ1) is 23.7. The third-order valence-electron chi connectivity index (χ3n) is 5.18. The van der Waals surface area contributed by atoms with E-state index in [4.69, 9.17) is 16.3 Å². The van der Waals surface area contributed by atoms with Gasteiger partial charge in [-0.3, -0.25) is 9.59 Å². The van der Waals surface area contributed by atoms with Gasteiger partial charge in [-0.1, -0.05) is 18.2 Å². The maximum Gasteiger partial charge on any atom is 0.257 e. The second-order valence-corrected chi connectivity index (χ2v) is 8.04. The van der Waals surface area contributed by atoms with Crippen molar-refractivity contribution in [1.82, 2.24) is 21.3 Å². The number of carbonyl (C=O) groups excluding carboxylic acids is 2. The van der Waals surface area contributed by atoms with Crippen LogP contribution in [0.1, 0.15) is 32.6 Å². The maximum atomic E-state index is 13.4. The first-order valence-electron chi connectivity index (χ1n) is 10.6. The van der Waals surface area contributed by atoms with E-state index in [1.807, 2.05) is 6.92 Å². The van der Waals surface area contributed by atoms with Gasteiger partial charge in [0.25, 0.3) is 11.8 Å². The van der Waals surface area contributed by atoms with Crippen molar-refractivity contribution < 1.29 is 18.7 Å². The maximum absolute atomic E-state index is 13.4. The molecule has 7 nitrogen and oxygen atoms in total. The lowest BCUT2D eigenvalue weighted by Crippen LogP contribution is -2.46. The van der Waals surface area contributed by atoms with Gasteiger partial charge in [-0.05, 0) is 50.0 Å². The molecule has 1 aliphatic carbocycles. The van der Waals surface area contributed by atoms with E-state index in [1.165, 1.54) is 12.1 Å². The number of ether oxygens (including phenoxy) is 1. The molecule has 4 N–H and O–H groups in total. The molecule has 2 aliphatic heterocycles. The summed E-state index contributed by atoms with van der Waals surface area (Å²) in [6, 6.07) is 3.55. The Labute approximate surface area is 192 Å². The highest BCUT2D eigenvalue weighted by atomic mass is 35.5. The Balaban J connectivity index is 1.39. The van der Waals surface area contributed by atoms with Crippen LogP contribution in [-0.2, 0) is 9.59 Å². The van der Waals surface area contributed by atoms with Gasteiger partial charge in [0.15, 0.2) is 6.61 Å². The summed E-state index contributed by atoms with van der Waals surface area (Å²) in [4.78, 5) is 24.7. The Bertz CT molecular complexity index is 961. The first-order chi connectivity index (χ1) is 15.4. The molecule has 172 valence electrons. The quantitative estimate of drug-likeness (QED) is 0.429. The number of amides is 2. The van der Waals surface area contributed by atoms with Crippen LogP contribution in [0.2, 0.25) is 5.02 Å². The molecular formula is C23H28ClFN4O3. The molecule has 0 aromatic heterocycles. The van der Waals surface area contributed by atoms with Gasteiger partial charge in [-0.15, -0.1) is 0 Å². The van der Waals surface area contributed by atoms with Gasteiger partial charge in [0.1, 0.15) is 17.6 Å². The molecule has 1 aromatic rings. The van der Waals surface area contributed by atoms with Crippen molar-refractivity contribution in [1.29, 1.82) is 0 Å². The lowest BCUT2D eigenvalue weighted by molar-refractivity contribution is -0.123. The molecule has 4 rings (SSSR count). The Kier molecular flexibility index (Phi) is 8.16. The lowest BCUT2D eigenvalue weighted by atomic mass is 10.00. The average molecular weight is 463 g/mol. The summed E-state index contributed by atoms with van der Waals surface area (Å²) >= 11 is 5.61. The average Bonchev–Trinajstić information content (AvgIpc) is 3.08. The van der Waals surface area contributed by atoms with E-state index in [2.05, 4.69) is 33.9 Å². The predicted octanol–water partition coefficient (Wildman–Crippen LogP) is 2.90. The van der Waals surface area contributed by atoms with E-state index in [-0.39, 0.29) is 35.7 Å². The lowest BCUT2D eigenvalue weighted by Gasteiger charge is -2.27. The highest BCUT2D eigenvalue weighted by Gasteiger charge is 2.30. The summed E-state index contributed by atoms with van der Waals surface area (Å²) in [7, 11) is 0. The second-order valence-electron chi connectivity index (χ2n) is 7.63. The zero-order valence-electron chi connectivity index (χ0n) is 18.0. The molecule has 1 unspecified atom stereocenters. The fourth-order valence-corrected chi connectivity index (χ4v) is 3.72. The molecule has 1 fully saturated rings. The molecule has 2 heterocycles. The minimum absolute atomic E-state index is 0.0136. The van der Waals surface area contributed by atoms with Gasteiger partial charge in [-0.25, -0.2) is 4.39 Å².